The molecule has 0 bridgehead atoms. The zero-order chi connectivity index (χ0) is 15.4. The highest BCUT2D eigenvalue weighted by Crippen LogP contribution is 2.22. The van der Waals surface area contributed by atoms with Crippen molar-refractivity contribution >= 4 is 10.1 Å². The zero-order valence-corrected chi connectivity index (χ0v) is 11.6. The Kier molecular flexibility index (Phi) is 12.3. The van der Waals surface area contributed by atoms with Gasteiger partial charge in [-0.15, -0.1) is 6.58 Å². The highest BCUT2D eigenvalue weighted by Gasteiger charge is 2.25. The Morgan fingerprint density at radius 2 is 1.53 bits per heavy atom. The quantitative estimate of drug-likeness (QED) is 0.410. The van der Waals surface area contributed by atoms with Gasteiger partial charge in [0, 0.05) is 13.0 Å². The molecule has 0 saturated carbocycles. The molecule has 0 heterocycles. The average molecular weight is 305 g/mol. The molecule has 0 radical (unpaired) electrons. The number of unbranched alkanes of at least 4 members (excludes halogenated alkanes) is 4. The molecule has 0 atom stereocenters. The van der Waals surface area contributed by atoms with Crippen LogP contribution in [0.15, 0.2) is 12.7 Å². The second-order valence-electron chi connectivity index (χ2n) is 3.94. The van der Waals surface area contributed by atoms with E-state index in [1.165, 1.54) is 0 Å². The van der Waals surface area contributed by atoms with Crippen LogP contribution in [0.2, 0.25) is 0 Å². The van der Waals surface area contributed by atoms with Crippen molar-refractivity contribution in [3.8, 4) is 0 Å². The van der Waals surface area contributed by atoms with E-state index in [1.807, 2.05) is 0 Å². The van der Waals surface area contributed by atoms with Crippen LogP contribution in [0, 0.1) is 0 Å². The number of hydrogen-bond acceptors (Lipinski definition) is 3. The fourth-order valence-electron chi connectivity index (χ4n) is 1.14. The molecule has 0 aliphatic rings. The number of halogens is 3. The molecule has 0 unspecified atom stereocenters. The monoisotopic (exact) mass is 305 g/mol. The van der Waals surface area contributed by atoms with Crippen molar-refractivity contribution in [3.05, 3.63) is 12.7 Å². The smallest absolute Gasteiger partial charge is 0.327 e. The minimum atomic E-state index is -4.10. The van der Waals surface area contributed by atoms with Crippen LogP contribution in [0.4, 0.5) is 13.2 Å². The third kappa shape index (κ3) is 26.8. The van der Waals surface area contributed by atoms with Gasteiger partial charge >= 0.3 is 6.18 Å². The van der Waals surface area contributed by atoms with Crippen LogP contribution in [0.5, 0.6) is 0 Å². The van der Waals surface area contributed by atoms with Gasteiger partial charge in [0.15, 0.2) is 0 Å². The van der Waals surface area contributed by atoms with E-state index >= 15 is 0 Å². The van der Waals surface area contributed by atoms with Crippen molar-refractivity contribution in [2.75, 3.05) is 12.3 Å². The Bertz CT molecular complexity index is 316. The van der Waals surface area contributed by atoms with Gasteiger partial charge in [-0.3, -0.25) is 4.55 Å². The molecule has 0 aromatic carbocycles. The minimum Gasteiger partial charge on any atom is -0.327 e. The van der Waals surface area contributed by atoms with Gasteiger partial charge in [-0.2, -0.15) is 21.6 Å². The van der Waals surface area contributed by atoms with E-state index in [9.17, 15) is 21.6 Å². The van der Waals surface area contributed by atoms with E-state index in [4.69, 9.17) is 10.3 Å². The lowest BCUT2D eigenvalue weighted by molar-refractivity contribution is -0.135. The van der Waals surface area contributed by atoms with Gasteiger partial charge in [-0.1, -0.05) is 25.3 Å². The van der Waals surface area contributed by atoms with Crippen LogP contribution in [-0.4, -0.2) is 31.4 Å². The molecular formula is C11H22F3NO3S. The molecule has 0 fully saturated rings. The third-order valence-electron chi connectivity index (χ3n) is 2.03. The van der Waals surface area contributed by atoms with E-state index in [2.05, 4.69) is 6.58 Å². The molecule has 8 heteroatoms. The van der Waals surface area contributed by atoms with E-state index in [0.717, 1.165) is 0 Å². The maximum atomic E-state index is 11.7. The van der Waals surface area contributed by atoms with Crippen LogP contribution in [0.1, 0.15) is 38.5 Å². The lowest BCUT2D eigenvalue weighted by Crippen LogP contribution is -2.06. The van der Waals surface area contributed by atoms with Gasteiger partial charge in [0.1, 0.15) is 0 Å². The van der Waals surface area contributed by atoms with Gasteiger partial charge in [-0.25, -0.2) is 0 Å². The summed E-state index contributed by atoms with van der Waals surface area (Å²) < 4.78 is 63.9. The number of nitrogens with two attached hydrogens (primary N) is 1. The topological polar surface area (TPSA) is 80.4 Å². The predicted octanol–water partition coefficient (Wildman–Crippen LogP) is 2.91. The Labute approximate surface area is 112 Å². The van der Waals surface area contributed by atoms with E-state index in [0.29, 0.717) is 32.2 Å². The molecule has 116 valence electrons. The van der Waals surface area contributed by atoms with Gasteiger partial charge in [0.25, 0.3) is 10.1 Å². The molecule has 0 amide bonds. The zero-order valence-electron chi connectivity index (χ0n) is 10.8. The Hall–Kier alpha value is -0.600. The first-order valence-electron chi connectivity index (χ1n) is 5.95. The Morgan fingerprint density at radius 1 is 1.11 bits per heavy atom. The lowest BCUT2D eigenvalue weighted by Gasteiger charge is -2.05. The van der Waals surface area contributed by atoms with Crippen LogP contribution in [0.3, 0.4) is 0 Å². The van der Waals surface area contributed by atoms with Crippen molar-refractivity contribution in [3.63, 3.8) is 0 Å². The molecule has 3 N–H and O–H groups in total. The van der Waals surface area contributed by atoms with Gasteiger partial charge in [0.2, 0.25) is 0 Å². The molecule has 0 rings (SSSR count). The molecule has 19 heavy (non-hydrogen) atoms. The summed E-state index contributed by atoms with van der Waals surface area (Å²) in [6.45, 7) is 3.94. The molecule has 0 aromatic rings. The van der Waals surface area contributed by atoms with Crippen LogP contribution in [-0.2, 0) is 10.1 Å². The maximum Gasteiger partial charge on any atom is 0.389 e. The molecule has 0 spiro atoms. The van der Waals surface area contributed by atoms with E-state index in [-0.39, 0.29) is 12.2 Å². The van der Waals surface area contributed by atoms with Gasteiger partial charge < -0.3 is 5.73 Å². The highest BCUT2D eigenvalue weighted by molar-refractivity contribution is 7.85. The van der Waals surface area contributed by atoms with Crippen LogP contribution in [0.25, 0.3) is 0 Å². The fourth-order valence-corrected chi connectivity index (χ4v) is 1.71. The van der Waals surface area contributed by atoms with Gasteiger partial charge in [-0.05, 0) is 12.8 Å². The molecule has 0 saturated heterocycles. The molecule has 0 aliphatic heterocycles. The number of rotatable bonds is 8. The second-order valence-corrected chi connectivity index (χ2v) is 5.52. The van der Waals surface area contributed by atoms with Crippen molar-refractivity contribution in [2.45, 2.75) is 44.7 Å². The fraction of sp³-hybridized carbons (Fsp3) is 0.818. The maximum absolute atomic E-state index is 11.7. The second kappa shape index (κ2) is 11.2. The summed E-state index contributed by atoms with van der Waals surface area (Å²) in [7, 11) is -3.92. The summed E-state index contributed by atoms with van der Waals surface area (Å²) >= 11 is 0. The first-order valence-corrected chi connectivity index (χ1v) is 7.56. The van der Waals surface area contributed by atoms with E-state index in [1.54, 1.807) is 6.08 Å². The highest BCUT2D eigenvalue weighted by atomic mass is 32.2. The first kappa shape index (κ1) is 20.7. The summed E-state index contributed by atoms with van der Waals surface area (Å²) in [6.07, 6.45) is -1.34. The summed E-state index contributed by atoms with van der Waals surface area (Å²) in [4.78, 5) is 0. The molecule has 4 nitrogen and oxygen atoms in total. The number of alkyl halides is 3. The summed E-state index contributed by atoms with van der Waals surface area (Å²) in [5.41, 5.74) is 4.91. The summed E-state index contributed by atoms with van der Waals surface area (Å²) in [5.74, 6) is -0.313. The normalized spacial score (nSPS) is 11.6. The van der Waals surface area contributed by atoms with Crippen molar-refractivity contribution < 1.29 is 26.1 Å². The third-order valence-corrected chi connectivity index (χ3v) is 2.83. The lowest BCUT2D eigenvalue weighted by atomic mass is 10.1. The van der Waals surface area contributed by atoms with Crippen LogP contribution >= 0.6 is 0 Å². The predicted molar refractivity (Wildman–Crippen MR) is 69.4 cm³/mol. The standard InChI is InChI=1S/C8H15F3O3S.C3H7N/c9-8(10,11)6-4-2-1-3-5-7-15(12,13)14;1-2-3-4/h1-7H2,(H,12,13,14);2H,1,3-4H2. The largest absolute Gasteiger partial charge is 0.389 e. The van der Waals surface area contributed by atoms with Crippen molar-refractivity contribution in [2.24, 2.45) is 5.73 Å². The van der Waals surface area contributed by atoms with Crippen molar-refractivity contribution in [1.82, 2.24) is 0 Å². The van der Waals surface area contributed by atoms with E-state index < -0.39 is 22.7 Å². The summed E-state index contributed by atoms with van der Waals surface area (Å²) in [5, 5.41) is 0. The minimum absolute atomic E-state index is 0.0787. The Morgan fingerprint density at radius 3 is 1.89 bits per heavy atom. The SMILES string of the molecule is C=CCN.O=S(=O)(O)CCCCCCCC(F)(F)F. The molecule has 0 aromatic heterocycles. The number of hydrogen-bond donors (Lipinski definition) is 2. The van der Waals surface area contributed by atoms with Gasteiger partial charge in [0.05, 0.1) is 5.75 Å². The molecular weight excluding hydrogens is 283 g/mol. The van der Waals surface area contributed by atoms with Crippen LogP contribution < -0.4 is 5.73 Å². The Balaban J connectivity index is 0. The first-order chi connectivity index (χ1) is 8.62. The van der Waals surface area contributed by atoms with Crippen molar-refractivity contribution in [1.29, 1.82) is 0 Å². The molecule has 0 aliphatic carbocycles. The summed E-state index contributed by atoms with van der Waals surface area (Å²) in [6, 6.07) is 0. The average Bonchev–Trinajstić information content (AvgIpc) is 2.25.